The van der Waals surface area contributed by atoms with Gasteiger partial charge in [-0.25, -0.2) is 4.79 Å². The molecule has 2 aliphatic rings. The number of halogens is 2. The highest BCUT2D eigenvalue weighted by atomic mass is 35.5. The summed E-state index contributed by atoms with van der Waals surface area (Å²) >= 11 is 0. The zero-order valence-corrected chi connectivity index (χ0v) is 19.8. The maximum Gasteiger partial charge on any atom is 0.409 e. The summed E-state index contributed by atoms with van der Waals surface area (Å²) in [5.74, 6) is 0.778. The molecule has 31 heavy (non-hydrogen) atoms. The van der Waals surface area contributed by atoms with Crippen molar-refractivity contribution in [2.75, 3.05) is 72.1 Å². The van der Waals surface area contributed by atoms with Crippen molar-refractivity contribution in [3.05, 3.63) is 29.8 Å². The van der Waals surface area contributed by atoms with Gasteiger partial charge in [0.05, 0.1) is 6.61 Å². The van der Waals surface area contributed by atoms with Gasteiger partial charge in [0.2, 0.25) is 0 Å². The molecule has 1 aromatic carbocycles. The molecule has 0 bridgehead atoms. The summed E-state index contributed by atoms with van der Waals surface area (Å²) in [6, 6.07) is 8.14. The molecule has 2 N–H and O–H groups in total. The second kappa shape index (κ2) is 14.7. The number of amides is 1. The predicted molar refractivity (Wildman–Crippen MR) is 126 cm³/mol. The molecule has 2 aliphatic heterocycles. The molecule has 0 radical (unpaired) electrons. The van der Waals surface area contributed by atoms with Gasteiger partial charge in [-0.2, -0.15) is 0 Å². The molecule has 2 saturated heterocycles. The number of aliphatic hydroxyl groups excluding tert-OH is 1. The lowest BCUT2D eigenvalue weighted by molar-refractivity contribution is 0.0407. The van der Waals surface area contributed by atoms with E-state index in [1.807, 2.05) is 19.1 Å². The van der Waals surface area contributed by atoms with Gasteiger partial charge in [-0.05, 0) is 24.6 Å². The Morgan fingerprint density at radius 3 is 2.29 bits per heavy atom. The molecule has 0 aliphatic carbocycles. The second-order valence-corrected chi connectivity index (χ2v) is 7.62. The zero-order chi connectivity index (χ0) is 20.5. The van der Waals surface area contributed by atoms with E-state index in [0.29, 0.717) is 26.2 Å². The molecular formula is C21H36Cl2N4O4. The van der Waals surface area contributed by atoms with Crippen LogP contribution in [0.15, 0.2) is 24.3 Å². The molecule has 1 amide bonds. The lowest BCUT2D eigenvalue weighted by Crippen LogP contribution is -2.51. The fraction of sp³-hybridized carbons (Fsp3) is 0.667. The molecule has 2 heterocycles. The van der Waals surface area contributed by atoms with Crippen LogP contribution in [0.25, 0.3) is 0 Å². The van der Waals surface area contributed by atoms with E-state index in [-0.39, 0.29) is 37.5 Å². The summed E-state index contributed by atoms with van der Waals surface area (Å²) in [4.78, 5) is 18.0. The van der Waals surface area contributed by atoms with Gasteiger partial charge in [-0.1, -0.05) is 12.1 Å². The standard InChI is InChI=1S/C21H34N4O4.2ClH/c1-2-28-21(27)25-13-11-24(12-14-25)16-19(26)17-29-20-5-3-18(4-6-20)15-23-9-7-22-8-10-23;;/h3-6,19,22,26H,2,7-17H2,1H3;2*1H. The van der Waals surface area contributed by atoms with Gasteiger partial charge in [-0.3, -0.25) is 9.80 Å². The molecule has 178 valence electrons. The van der Waals surface area contributed by atoms with E-state index in [1.54, 1.807) is 4.90 Å². The number of hydrogen-bond acceptors (Lipinski definition) is 7. The Morgan fingerprint density at radius 2 is 1.68 bits per heavy atom. The number of piperazine rings is 2. The zero-order valence-electron chi connectivity index (χ0n) is 18.2. The quantitative estimate of drug-likeness (QED) is 0.585. The SMILES string of the molecule is CCOC(=O)N1CCN(CC(O)COc2ccc(CN3CCNCC3)cc2)CC1.Cl.Cl. The second-order valence-electron chi connectivity index (χ2n) is 7.62. The summed E-state index contributed by atoms with van der Waals surface area (Å²) in [5, 5.41) is 13.7. The van der Waals surface area contributed by atoms with Crippen molar-refractivity contribution in [3.63, 3.8) is 0 Å². The van der Waals surface area contributed by atoms with Gasteiger partial charge in [-0.15, -0.1) is 24.8 Å². The van der Waals surface area contributed by atoms with Crippen molar-refractivity contribution in [1.82, 2.24) is 20.0 Å². The third-order valence-electron chi connectivity index (χ3n) is 5.35. The number of aliphatic hydroxyl groups is 1. The lowest BCUT2D eigenvalue weighted by Gasteiger charge is -2.34. The highest BCUT2D eigenvalue weighted by molar-refractivity contribution is 5.85. The first-order valence-electron chi connectivity index (χ1n) is 10.6. The van der Waals surface area contributed by atoms with Crippen LogP contribution in [0.1, 0.15) is 12.5 Å². The molecule has 0 aromatic heterocycles. The normalized spacial score (nSPS) is 18.5. The van der Waals surface area contributed by atoms with Crippen LogP contribution in [0.5, 0.6) is 5.75 Å². The number of hydrogen-bond donors (Lipinski definition) is 2. The number of rotatable bonds is 8. The van der Waals surface area contributed by atoms with Crippen molar-refractivity contribution in [2.24, 2.45) is 0 Å². The van der Waals surface area contributed by atoms with Crippen LogP contribution in [-0.2, 0) is 11.3 Å². The Kier molecular flexibility index (Phi) is 13.2. The van der Waals surface area contributed by atoms with Crippen LogP contribution in [0, 0.1) is 0 Å². The van der Waals surface area contributed by atoms with Crippen LogP contribution in [0.2, 0.25) is 0 Å². The van der Waals surface area contributed by atoms with Gasteiger partial charge in [0.15, 0.2) is 0 Å². The summed E-state index contributed by atoms with van der Waals surface area (Å²) < 4.78 is 10.8. The molecule has 1 atom stereocenters. The number of nitrogens with zero attached hydrogens (tertiary/aromatic N) is 3. The van der Waals surface area contributed by atoms with Crippen molar-refractivity contribution < 1.29 is 19.4 Å². The highest BCUT2D eigenvalue weighted by Crippen LogP contribution is 2.15. The van der Waals surface area contributed by atoms with Crippen LogP contribution in [0.4, 0.5) is 4.79 Å². The number of β-amino-alcohol motifs (C(OH)–C–C–N with tert-alkyl or cyclic N) is 1. The van der Waals surface area contributed by atoms with E-state index in [9.17, 15) is 9.90 Å². The van der Waals surface area contributed by atoms with E-state index in [1.165, 1.54) is 5.56 Å². The largest absolute Gasteiger partial charge is 0.491 e. The minimum absolute atomic E-state index is 0. The maximum absolute atomic E-state index is 11.7. The van der Waals surface area contributed by atoms with Gasteiger partial charge in [0.1, 0.15) is 18.5 Å². The number of carbonyl (C=O) groups excluding carboxylic acids is 1. The molecule has 2 fully saturated rings. The van der Waals surface area contributed by atoms with Crippen LogP contribution in [-0.4, -0.2) is 104 Å². The Labute approximate surface area is 197 Å². The maximum atomic E-state index is 11.7. The lowest BCUT2D eigenvalue weighted by atomic mass is 10.2. The summed E-state index contributed by atoms with van der Waals surface area (Å²) in [5.41, 5.74) is 1.28. The molecular weight excluding hydrogens is 443 g/mol. The fourth-order valence-corrected chi connectivity index (χ4v) is 3.69. The Bertz CT molecular complexity index is 624. The van der Waals surface area contributed by atoms with Crippen LogP contribution in [0.3, 0.4) is 0 Å². The van der Waals surface area contributed by atoms with Crippen LogP contribution >= 0.6 is 24.8 Å². The Hall–Kier alpha value is -1.29. The third kappa shape index (κ3) is 9.39. The monoisotopic (exact) mass is 478 g/mol. The molecule has 8 nitrogen and oxygen atoms in total. The Morgan fingerprint density at radius 1 is 1.03 bits per heavy atom. The molecule has 1 unspecified atom stereocenters. The first kappa shape index (κ1) is 27.7. The molecule has 1 aromatic rings. The minimum Gasteiger partial charge on any atom is -0.491 e. The molecule has 0 spiro atoms. The summed E-state index contributed by atoms with van der Waals surface area (Å²) in [6.45, 7) is 11.0. The van der Waals surface area contributed by atoms with Crippen molar-refractivity contribution in [1.29, 1.82) is 0 Å². The molecule has 0 saturated carbocycles. The van der Waals surface area contributed by atoms with E-state index >= 15 is 0 Å². The third-order valence-corrected chi connectivity index (χ3v) is 5.35. The van der Waals surface area contributed by atoms with Gasteiger partial charge in [0.25, 0.3) is 0 Å². The summed E-state index contributed by atoms with van der Waals surface area (Å²) in [7, 11) is 0. The predicted octanol–water partition coefficient (Wildman–Crippen LogP) is 1.45. The van der Waals surface area contributed by atoms with Crippen LogP contribution < -0.4 is 10.1 Å². The van der Waals surface area contributed by atoms with E-state index in [0.717, 1.165) is 51.6 Å². The van der Waals surface area contributed by atoms with Crippen molar-refractivity contribution in [3.8, 4) is 5.75 Å². The first-order valence-corrected chi connectivity index (χ1v) is 10.6. The number of benzene rings is 1. The van der Waals surface area contributed by atoms with Gasteiger partial charge < -0.3 is 24.8 Å². The Balaban J connectivity index is 0.00000240. The molecule has 10 heteroatoms. The minimum atomic E-state index is -0.565. The average Bonchev–Trinajstić information content (AvgIpc) is 2.75. The first-order chi connectivity index (χ1) is 14.1. The average molecular weight is 479 g/mol. The number of nitrogens with one attached hydrogen (secondary N) is 1. The molecule has 3 rings (SSSR count). The fourth-order valence-electron chi connectivity index (χ4n) is 3.69. The summed E-state index contributed by atoms with van der Waals surface area (Å²) in [6.07, 6.45) is -0.818. The van der Waals surface area contributed by atoms with Crippen molar-refractivity contribution in [2.45, 2.75) is 19.6 Å². The number of carbonyl (C=O) groups is 1. The van der Waals surface area contributed by atoms with E-state index < -0.39 is 6.10 Å². The smallest absolute Gasteiger partial charge is 0.409 e. The number of ether oxygens (including phenoxy) is 2. The van der Waals surface area contributed by atoms with Gasteiger partial charge in [0, 0.05) is 65.4 Å². The van der Waals surface area contributed by atoms with Gasteiger partial charge >= 0.3 is 6.09 Å². The van der Waals surface area contributed by atoms with E-state index in [4.69, 9.17) is 9.47 Å². The topological polar surface area (TPSA) is 77.5 Å². The van der Waals surface area contributed by atoms with Crippen molar-refractivity contribution >= 4 is 30.9 Å². The van der Waals surface area contributed by atoms with E-state index in [2.05, 4.69) is 27.2 Å². The highest BCUT2D eigenvalue weighted by Gasteiger charge is 2.23.